The summed E-state index contributed by atoms with van der Waals surface area (Å²) in [5.74, 6) is -0.127. The molecule has 2 rings (SSSR count). The van der Waals surface area contributed by atoms with Gasteiger partial charge in [-0.25, -0.2) is 0 Å². The lowest BCUT2D eigenvalue weighted by molar-refractivity contribution is -0.137. The SMILES string of the molecule is CC[C@@H](Oc1ccccc1Cl)C(=O)Nc1nnc(SCC(=O)OC)s1. The molecule has 0 saturated heterocycles. The number of aromatic nitrogens is 2. The average molecular weight is 402 g/mol. The van der Waals surface area contributed by atoms with E-state index in [1.807, 2.05) is 6.92 Å². The summed E-state index contributed by atoms with van der Waals surface area (Å²) in [5, 5.41) is 11.2. The number of thioether (sulfide) groups is 1. The molecule has 134 valence electrons. The number of ether oxygens (including phenoxy) is 2. The summed E-state index contributed by atoms with van der Waals surface area (Å²) in [6.45, 7) is 1.83. The summed E-state index contributed by atoms with van der Waals surface area (Å²) in [5.41, 5.74) is 0. The van der Waals surface area contributed by atoms with Gasteiger partial charge in [0.25, 0.3) is 5.91 Å². The Morgan fingerprint density at radius 2 is 2.12 bits per heavy atom. The lowest BCUT2D eigenvalue weighted by Crippen LogP contribution is -2.32. The Morgan fingerprint density at radius 1 is 1.36 bits per heavy atom. The van der Waals surface area contributed by atoms with Gasteiger partial charge >= 0.3 is 5.97 Å². The van der Waals surface area contributed by atoms with Crippen molar-refractivity contribution in [2.75, 3.05) is 18.2 Å². The van der Waals surface area contributed by atoms with Gasteiger partial charge in [-0.15, -0.1) is 10.2 Å². The summed E-state index contributed by atoms with van der Waals surface area (Å²) in [6, 6.07) is 6.95. The van der Waals surface area contributed by atoms with Crippen LogP contribution in [0.1, 0.15) is 13.3 Å². The number of anilines is 1. The summed E-state index contributed by atoms with van der Waals surface area (Å²) in [6.07, 6.45) is -0.255. The van der Waals surface area contributed by atoms with Crippen LogP contribution in [0.25, 0.3) is 0 Å². The zero-order valence-electron chi connectivity index (χ0n) is 13.5. The summed E-state index contributed by atoms with van der Waals surface area (Å²) >= 11 is 8.41. The van der Waals surface area contributed by atoms with Crippen LogP contribution in [0.5, 0.6) is 5.75 Å². The molecule has 1 aromatic carbocycles. The highest BCUT2D eigenvalue weighted by Gasteiger charge is 2.21. The maximum absolute atomic E-state index is 12.4. The predicted octanol–water partition coefficient (Wildman–Crippen LogP) is 3.25. The lowest BCUT2D eigenvalue weighted by Gasteiger charge is -2.17. The van der Waals surface area contributed by atoms with Crippen molar-refractivity contribution in [3.63, 3.8) is 0 Å². The Hall–Kier alpha value is -1.84. The van der Waals surface area contributed by atoms with Gasteiger partial charge in [-0.3, -0.25) is 14.9 Å². The van der Waals surface area contributed by atoms with Crippen LogP contribution in [0.3, 0.4) is 0 Å². The number of para-hydroxylation sites is 1. The Balaban J connectivity index is 1.94. The van der Waals surface area contributed by atoms with Crippen molar-refractivity contribution in [3.05, 3.63) is 29.3 Å². The van der Waals surface area contributed by atoms with E-state index in [1.165, 1.54) is 30.2 Å². The summed E-state index contributed by atoms with van der Waals surface area (Å²) in [4.78, 5) is 23.5. The van der Waals surface area contributed by atoms with Crippen LogP contribution in [0.2, 0.25) is 5.02 Å². The first-order valence-corrected chi connectivity index (χ1v) is 9.46. The molecule has 1 heterocycles. The number of methoxy groups -OCH3 is 1. The van der Waals surface area contributed by atoms with E-state index < -0.39 is 6.10 Å². The van der Waals surface area contributed by atoms with Gasteiger partial charge in [0.15, 0.2) is 10.4 Å². The van der Waals surface area contributed by atoms with Gasteiger partial charge in [0.05, 0.1) is 17.9 Å². The molecule has 7 nitrogen and oxygen atoms in total. The highest BCUT2D eigenvalue weighted by Crippen LogP contribution is 2.27. The normalized spacial score (nSPS) is 11.6. The topological polar surface area (TPSA) is 90.4 Å². The first-order chi connectivity index (χ1) is 12.0. The summed E-state index contributed by atoms with van der Waals surface area (Å²) in [7, 11) is 1.32. The first kappa shape index (κ1) is 19.5. The van der Waals surface area contributed by atoms with Crippen molar-refractivity contribution in [1.29, 1.82) is 0 Å². The zero-order chi connectivity index (χ0) is 18.2. The number of hydrogen-bond donors (Lipinski definition) is 1. The molecule has 1 N–H and O–H groups in total. The van der Waals surface area contributed by atoms with Crippen molar-refractivity contribution in [3.8, 4) is 5.75 Å². The number of rotatable bonds is 8. The van der Waals surface area contributed by atoms with E-state index in [9.17, 15) is 9.59 Å². The van der Waals surface area contributed by atoms with Crippen molar-refractivity contribution in [1.82, 2.24) is 10.2 Å². The third kappa shape index (κ3) is 5.87. The number of amides is 1. The van der Waals surface area contributed by atoms with Gasteiger partial charge in [0, 0.05) is 0 Å². The van der Waals surface area contributed by atoms with Crippen LogP contribution in [0.15, 0.2) is 28.6 Å². The fourth-order valence-electron chi connectivity index (χ4n) is 1.70. The molecule has 1 atom stereocenters. The Bertz CT molecular complexity index is 741. The number of halogens is 1. The molecule has 0 spiro atoms. The van der Waals surface area contributed by atoms with Gasteiger partial charge in [0.1, 0.15) is 5.75 Å². The Labute approximate surface area is 158 Å². The van der Waals surface area contributed by atoms with E-state index in [1.54, 1.807) is 24.3 Å². The third-order valence-corrected chi connectivity index (χ3v) is 5.20. The largest absolute Gasteiger partial charge is 0.479 e. The van der Waals surface area contributed by atoms with E-state index in [4.69, 9.17) is 16.3 Å². The van der Waals surface area contributed by atoms with Crippen molar-refractivity contribution >= 4 is 51.7 Å². The monoisotopic (exact) mass is 401 g/mol. The third-order valence-electron chi connectivity index (χ3n) is 2.95. The van der Waals surface area contributed by atoms with E-state index >= 15 is 0 Å². The van der Waals surface area contributed by atoms with Crippen LogP contribution < -0.4 is 10.1 Å². The number of carbonyl (C=O) groups is 2. The minimum atomic E-state index is -0.713. The number of hydrogen-bond acceptors (Lipinski definition) is 8. The van der Waals surface area contributed by atoms with Crippen LogP contribution >= 0.6 is 34.7 Å². The molecule has 0 fully saturated rings. The minimum Gasteiger partial charge on any atom is -0.479 e. The molecular weight excluding hydrogens is 386 g/mol. The smallest absolute Gasteiger partial charge is 0.316 e. The highest BCUT2D eigenvalue weighted by atomic mass is 35.5. The quantitative estimate of drug-likeness (QED) is 0.412. The molecule has 1 amide bonds. The highest BCUT2D eigenvalue weighted by molar-refractivity contribution is 8.01. The van der Waals surface area contributed by atoms with E-state index in [0.717, 1.165) is 0 Å². The molecule has 0 radical (unpaired) electrons. The van der Waals surface area contributed by atoms with Crippen LogP contribution in [0.4, 0.5) is 5.13 Å². The molecular formula is C15H16ClN3O4S2. The fraction of sp³-hybridized carbons (Fsp3) is 0.333. The molecule has 25 heavy (non-hydrogen) atoms. The second-order valence-corrected chi connectivity index (χ2v) is 7.28. The maximum atomic E-state index is 12.4. The standard InChI is InChI=1S/C15H16ClN3O4S2/c1-3-10(23-11-7-5-4-6-9(11)16)13(21)17-14-18-19-15(25-14)24-8-12(20)22-2/h4-7,10H,3,8H2,1-2H3,(H,17,18,21)/t10-/m1/s1. The first-order valence-electron chi connectivity index (χ1n) is 7.28. The van der Waals surface area contributed by atoms with E-state index in [0.29, 0.717) is 26.7 Å². The molecule has 0 bridgehead atoms. The minimum absolute atomic E-state index is 0.131. The molecule has 0 aliphatic heterocycles. The number of nitrogens with zero attached hydrogens (tertiary/aromatic N) is 2. The lowest BCUT2D eigenvalue weighted by atomic mass is 10.2. The molecule has 0 aliphatic rings. The van der Waals surface area contributed by atoms with Crippen LogP contribution in [0, 0.1) is 0 Å². The average Bonchev–Trinajstić information content (AvgIpc) is 3.06. The number of esters is 1. The van der Waals surface area contributed by atoms with E-state index in [2.05, 4.69) is 20.3 Å². The van der Waals surface area contributed by atoms with E-state index in [-0.39, 0.29) is 17.6 Å². The van der Waals surface area contributed by atoms with Crippen molar-refractivity contribution in [2.45, 2.75) is 23.8 Å². The van der Waals surface area contributed by atoms with Crippen molar-refractivity contribution in [2.24, 2.45) is 0 Å². The molecule has 0 aliphatic carbocycles. The fourth-order valence-corrected chi connectivity index (χ4v) is 3.47. The predicted molar refractivity (Wildman–Crippen MR) is 97.4 cm³/mol. The molecule has 0 unspecified atom stereocenters. The van der Waals surface area contributed by atoms with Gasteiger partial charge in [-0.05, 0) is 18.6 Å². The van der Waals surface area contributed by atoms with Gasteiger partial charge in [0.2, 0.25) is 5.13 Å². The molecule has 1 aromatic heterocycles. The summed E-state index contributed by atoms with van der Waals surface area (Å²) < 4.78 is 10.8. The van der Waals surface area contributed by atoms with Crippen molar-refractivity contribution < 1.29 is 19.1 Å². The van der Waals surface area contributed by atoms with Crippen LogP contribution in [-0.2, 0) is 14.3 Å². The number of nitrogens with one attached hydrogen (secondary N) is 1. The van der Waals surface area contributed by atoms with Crippen LogP contribution in [-0.4, -0.2) is 41.0 Å². The Kier molecular flexibility index (Phi) is 7.48. The second-order valence-electron chi connectivity index (χ2n) is 4.67. The van der Waals surface area contributed by atoms with Gasteiger partial charge in [-0.1, -0.05) is 53.8 Å². The number of carbonyl (C=O) groups excluding carboxylic acids is 2. The Morgan fingerprint density at radius 3 is 2.80 bits per heavy atom. The second kappa shape index (κ2) is 9.59. The molecule has 2 aromatic rings. The zero-order valence-corrected chi connectivity index (χ0v) is 15.9. The molecule has 0 saturated carbocycles. The van der Waals surface area contributed by atoms with Gasteiger partial charge < -0.3 is 9.47 Å². The molecule has 10 heteroatoms. The maximum Gasteiger partial charge on any atom is 0.316 e. The van der Waals surface area contributed by atoms with Gasteiger partial charge in [-0.2, -0.15) is 0 Å². The number of benzene rings is 1.